The Morgan fingerprint density at radius 2 is 2.07 bits per heavy atom. The van der Waals surface area contributed by atoms with Crippen LogP contribution in [0.1, 0.15) is 44.9 Å². The highest BCUT2D eigenvalue weighted by Crippen LogP contribution is 2.27. The van der Waals surface area contributed by atoms with Crippen molar-refractivity contribution < 1.29 is 4.79 Å². The highest BCUT2D eigenvalue weighted by atomic mass is 16.2. The Morgan fingerprint density at radius 3 is 2.67 bits per heavy atom. The average Bonchev–Trinajstić information content (AvgIpc) is 2.66. The molecule has 1 amide bonds. The van der Waals surface area contributed by atoms with Crippen LogP contribution in [0, 0.1) is 12.3 Å². The lowest BCUT2D eigenvalue weighted by Crippen LogP contribution is -2.52. The van der Waals surface area contributed by atoms with Gasteiger partial charge >= 0.3 is 0 Å². The molecule has 1 saturated carbocycles. The first-order valence-corrected chi connectivity index (χ1v) is 5.70. The Kier molecular flexibility index (Phi) is 4.64. The van der Waals surface area contributed by atoms with E-state index >= 15 is 0 Å². The second kappa shape index (κ2) is 5.77. The van der Waals surface area contributed by atoms with Crippen molar-refractivity contribution in [2.45, 2.75) is 50.5 Å². The summed E-state index contributed by atoms with van der Waals surface area (Å²) in [6.07, 6.45) is 11.6. The van der Waals surface area contributed by atoms with Gasteiger partial charge < -0.3 is 11.1 Å². The van der Waals surface area contributed by atoms with E-state index in [4.69, 9.17) is 12.2 Å². The molecule has 1 aliphatic carbocycles. The number of hydrogen-bond acceptors (Lipinski definition) is 2. The summed E-state index contributed by atoms with van der Waals surface area (Å²) in [5, 5.41) is 2.89. The summed E-state index contributed by atoms with van der Waals surface area (Å²) in [6.45, 7) is 0.694. The van der Waals surface area contributed by atoms with E-state index in [1.165, 1.54) is 0 Å². The van der Waals surface area contributed by atoms with Crippen LogP contribution in [0.25, 0.3) is 0 Å². The zero-order valence-corrected chi connectivity index (χ0v) is 9.22. The fourth-order valence-corrected chi connectivity index (χ4v) is 1.96. The summed E-state index contributed by atoms with van der Waals surface area (Å²) in [4.78, 5) is 11.7. The maximum atomic E-state index is 11.7. The van der Waals surface area contributed by atoms with Gasteiger partial charge in [0.05, 0.1) is 5.54 Å². The minimum Gasteiger partial charge on any atom is -0.355 e. The van der Waals surface area contributed by atoms with Crippen LogP contribution in [0.3, 0.4) is 0 Å². The Hall–Kier alpha value is -1.01. The van der Waals surface area contributed by atoms with Crippen LogP contribution >= 0.6 is 0 Å². The molecule has 0 aromatic heterocycles. The van der Waals surface area contributed by atoms with Gasteiger partial charge in [0, 0.05) is 13.0 Å². The van der Waals surface area contributed by atoms with Gasteiger partial charge in [-0.05, 0) is 25.7 Å². The number of hydrogen-bond donors (Lipinski definition) is 2. The molecule has 0 atom stereocenters. The third-order valence-electron chi connectivity index (χ3n) is 2.98. The number of nitrogens with one attached hydrogen (secondary N) is 1. The van der Waals surface area contributed by atoms with Crippen molar-refractivity contribution >= 4 is 5.91 Å². The normalized spacial score (nSPS) is 18.4. The van der Waals surface area contributed by atoms with Gasteiger partial charge in [0.1, 0.15) is 0 Å². The monoisotopic (exact) mass is 208 g/mol. The Balaban J connectivity index is 2.16. The summed E-state index contributed by atoms with van der Waals surface area (Å²) in [5.74, 6) is 2.60. The molecule has 0 aromatic carbocycles. The zero-order valence-electron chi connectivity index (χ0n) is 9.22. The molecule has 15 heavy (non-hydrogen) atoms. The topological polar surface area (TPSA) is 55.1 Å². The Bertz CT molecular complexity index is 249. The van der Waals surface area contributed by atoms with Gasteiger partial charge in [-0.3, -0.25) is 4.79 Å². The van der Waals surface area contributed by atoms with E-state index in [0.29, 0.717) is 6.54 Å². The third kappa shape index (κ3) is 3.56. The molecule has 0 aromatic rings. The molecule has 1 rings (SSSR count). The Labute approximate surface area is 91.8 Å². The van der Waals surface area contributed by atoms with Crippen LogP contribution < -0.4 is 11.1 Å². The summed E-state index contributed by atoms with van der Waals surface area (Å²) < 4.78 is 0. The number of nitrogens with two attached hydrogens (primary N) is 1. The molecule has 3 heteroatoms. The van der Waals surface area contributed by atoms with E-state index in [0.717, 1.165) is 44.9 Å². The van der Waals surface area contributed by atoms with E-state index in [2.05, 4.69) is 11.2 Å². The molecule has 0 unspecified atom stereocenters. The molecule has 0 heterocycles. The zero-order chi connectivity index (χ0) is 11.1. The van der Waals surface area contributed by atoms with E-state index in [1.54, 1.807) is 0 Å². The van der Waals surface area contributed by atoms with Crippen molar-refractivity contribution in [2.75, 3.05) is 6.54 Å². The molecule has 3 nitrogen and oxygen atoms in total. The lowest BCUT2D eigenvalue weighted by Gasteiger charge is -2.22. The fraction of sp³-hybridized carbons (Fsp3) is 0.750. The van der Waals surface area contributed by atoms with Crippen LogP contribution in [0.5, 0.6) is 0 Å². The first kappa shape index (κ1) is 12.1. The van der Waals surface area contributed by atoms with Gasteiger partial charge in [0.25, 0.3) is 0 Å². The predicted octanol–water partition coefficient (Wildman–Crippen LogP) is 1.18. The molecule has 0 saturated heterocycles. The van der Waals surface area contributed by atoms with Gasteiger partial charge in [-0.2, -0.15) is 0 Å². The van der Waals surface area contributed by atoms with Crippen molar-refractivity contribution in [3.63, 3.8) is 0 Å². The van der Waals surface area contributed by atoms with Gasteiger partial charge in [-0.15, -0.1) is 12.3 Å². The summed E-state index contributed by atoms with van der Waals surface area (Å²) >= 11 is 0. The fourth-order valence-electron chi connectivity index (χ4n) is 1.96. The summed E-state index contributed by atoms with van der Waals surface area (Å²) in [7, 11) is 0. The van der Waals surface area contributed by atoms with Crippen LogP contribution in [0.2, 0.25) is 0 Å². The maximum Gasteiger partial charge on any atom is 0.240 e. The standard InChI is InChI=1S/C12H20N2O/c1-2-3-4-7-10-14-11(15)12(13)8-5-6-9-12/h1H,3-10,13H2,(H,14,15). The molecular weight excluding hydrogens is 188 g/mol. The van der Waals surface area contributed by atoms with Crippen molar-refractivity contribution in [2.24, 2.45) is 5.73 Å². The van der Waals surface area contributed by atoms with E-state index in [-0.39, 0.29) is 5.91 Å². The van der Waals surface area contributed by atoms with Gasteiger partial charge in [-0.1, -0.05) is 12.8 Å². The highest BCUT2D eigenvalue weighted by molar-refractivity contribution is 5.86. The minimum atomic E-state index is -0.591. The number of carbonyl (C=O) groups excluding carboxylic acids is 1. The van der Waals surface area contributed by atoms with Crippen molar-refractivity contribution in [1.29, 1.82) is 0 Å². The Morgan fingerprint density at radius 1 is 1.40 bits per heavy atom. The molecule has 0 aliphatic heterocycles. The SMILES string of the molecule is C#CCCCCNC(=O)C1(N)CCCC1. The molecule has 0 spiro atoms. The molecular formula is C12H20N2O. The van der Waals surface area contributed by atoms with Gasteiger partial charge in [0.2, 0.25) is 5.91 Å². The predicted molar refractivity (Wildman–Crippen MR) is 61.1 cm³/mol. The number of amides is 1. The van der Waals surface area contributed by atoms with Crippen LogP contribution in [0.15, 0.2) is 0 Å². The lowest BCUT2D eigenvalue weighted by atomic mass is 9.98. The van der Waals surface area contributed by atoms with Crippen molar-refractivity contribution in [1.82, 2.24) is 5.32 Å². The third-order valence-corrected chi connectivity index (χ3v) is 2.98. The molecule has 3 N–H and O–H groups in total. The number of unbranched alkanes of at least 4 members (excludes halogenated alkanes) is 2. The van der Waals surface area contributed by atoms with Crippen LogP contribution in [0.4, 0.5) is 0 Å². The molecule has 84 valence electrons. The summed E-state index contributed by atoms with van der Waals surface area (Å²) in [5.41, 5.74) is 5.41. The molecule has 1 aliphatic rings. The smallest absolute Gasteiger partial charge is 0.240 e. The number of rotatable bonds is 5. The minimum absolute atomic E-state index is 0.0145. The quantitative estimate of drug-likeness (QED) is 0.526. The van der Waals surface area contributed by atoms with Gasteiger partial charge in [0.15, 0.2) is 0 Å². The van der Waals surface area contributed by atoms with Gasteiger partial charge in [-0.25, -0.2) is 0 Å². The van der Waals surface area contributed by atoms with Crippen molar-refractivity contribution in [3.05, 3.63) is 0 Å². The largest absolute Gasteiger partial charge is 0.355 e. The number of terminal acetylenes is 1. The highest BCUT2D eigenvalue weighted by Gasteiger charge is 2.36. The molecule has 0 bridgehead atoms. The second-order valence-electron chi connectivity index (χ2n) is 4.28. The van der Waals surface area contributed by atoms with Crippen molar-refractivity contribution in [3.8, 4) is 12.3 Å². The average molecular weight is 208 g/mol. The maximum absolute atomic E-state index is 11.7. The van der Waals surface area contributed by atoms with Crippen LogP contribution in [-0.2, 0) is 4.79 Å². The second-order valence-corrected chi connectivity index (χ2v) is 4.28. The van der Waals surface area contributed by atoms with E-state index in [9.17, 15) is 4.79 Å². The van der Waals surface area contributed by atoms with E-state index < -0.39 is 5.54 Å². The first-order valence-electron chi connectivity index (χ1n) is 5.70. The summed E-state index contributed by atoms with van der Waals surface area (Å²) in [6, 6.07) is 0. The van der Waals surface area contributed by atoms with E-state index in [1.807, 2.05) is 0 Å². The first-order chi connectivity index (χ1) is 7.19. The number of carbonyl (C=O) groups is 1. The molecule has 1 fully saturated rings. The molecule has 0 radical (unpaired) electrons. The van der Waals surface area contributed by atoms with Crippen LogP contribution in [-0.4, -0.2) is 18.0 Å². The lowest BCUT2D eigenvalue weighted by molar-refractivity contribution is -0.126.